The molecule has 0 radical (unpaired) electrons. The lowest BCUT2D eigenvalue weighted by atomic mass is 9.81. The monoisotopic (exact) mass is 255 g/mol. The van der Waals surface area contributed by atoms with Crippen molar-refractivity contribution in [1.29, 1.82) is 0 Å². The van der Waals surface area contributed by atoms with E-state index in [0.29, 0.717) is 12.5 Å². The molecule has 0 aromatic heterocycles. The molecular formula is C14H29N3O. The molecule has 1 aliphatic rings. The van der Waals surface area contributed by atoms with Crippen molar-refractivity contribution in [3.63, 3.8) is 0 Å². The van der Waals surface area contributed by atoms with Gasteiger partial charge in [-0.05, 0) is 18.4 Å². The van der Waals surface area contributed by atoms with Gasteiger partial charge in [-0.25, -0.2) is 0 Å². The summed E-state index contributed by atoms with van der Waals surface area (Å²) in [5.74, 6) is 0.853. The summed E-state index contributed by atoms with van der Waals surface area (Å²) in [6.45, 7) is 14.0. The van der Waals surface area contributed by atoms with Crippen LogP contribution in [0.5, 0.6) is 0 Å². The van der Waals surface area contributed by atoms with E-state index >= 15 is 0 Å². The normalized spacial score (nSPS) is 18.4. The Hall–Kier alpha value is -0.610. The molecule has 1 N–H and O–H groups in total. The van der Waals surface area contributed by atoms with Gasteiger partial charge in [-0.2, -0.15) is 0 Å². The Labute approximate surface area is 112 Å². The number of rotatable bonds is 5. The van der Waals surface area contributed by atoms with Gasteiger partial charge in [0, 0.05) is 32.7 Å². The number of piperazine rings is 1. The van der Waals surface area contributed by atoms with Crippen molar-refractivity contribution in [3.05, 3.63) is 0 Å². The number of carbonyl (C=O) groups excluding carboxylic acids is 1. The molecule has 1 rings (SSSR count). The fraction of sp³-hybridized carbons (Fsp3) is 0.929. The van der Waals surface area contributed by atoms with Crippen LogP contribution in [0.15, 0.2) is 0 Å². The summed E-state index contributed by atoms with van der Waals surface area (Å²) in [6.07, 6.45) is 0. The van der Waals surface area contributed by atoms with Gasteiger partial charge in [0.15, 0.2) is 0 Å². The van der Waals surface area contributed by atoms with Gasteiger partial charge in [0.25, 0.3) is 0 Å². The SMILES string of the molecule is CC(C)C(C)(C)CNCC(=O)N1CCN(C)CC1. The maximum Gasteiger partial charge on any atom is 0.236 e. The summed E-state index contributed by atoms with van der Waals surface area (Å²) in [4.78, 5) is 16.2. The average molecular weight is 255 g/mol. The Balaban J connectivity index is 2.25. The number of carbonyl (C=O) groups is 1. The van der Waals surface area contributed by atoms with Crippen LogP contribution in [0.3, 0.4) is 0 Å². The fourth-order valence-corrected chi connectivity index (χ4v) is 1.86. The van der Waals surface area contributed by atoms with Crippen molar-refractivity contribution in [1.82, 2.24) is 15.1 Å². The Morgan fingerprint density at radius 3 is 2.28 bits per heavy atom. The maximum absolute atomic E-state index is 12.0. The number of hydrogen-bond acceptors (Lipinski definition) is 3. The average Bonchev–Trinajstić information content (AvgIpc) is 2.29. The molecule has 0 bridgehead atoms. The molecule has 106 valence electrons. The largest absolute Gasteiger partial charge is 0.339 e. The summed E-state index contributed by atoms with van der Waals surface area (Å²) in [7, 11) is 2.10. The lowest BCUT2D eigenvalue weighted by Crippen LogP contribution is -2.50. The second kappa shape index (κ2) is 6.53. The molecule has 18 heavy (non-hydrogen) atoms. The molecule has 1 saturated heterocycles. The zero-order chi connectivity index (χ0) is 13.8. The quantitative estimate of drug-likeness (QED) is 0.797. The van der Waals surface area contributed by atoms with Gasteiger partial charge in [-0.15, -0.1) is 0 Å². The molecule has 0 spiro atoms. The Kier molecular flexibility index (Phi) is 5.60. The summed E-state index contributed by atoms with van der Waals surface area (Å²) >= 11 is 0. The van der Waals surface area contributed by atoms with E-state index in [2.05, 4.69) is 45.0 Å². The second-order valence-corrected chi connectivity index (χ2v) is 6.43. The van der Waals surface area contributed by atoms with E-state index < -0.39 is 0 Å². The topological polar surface area (TPSA) is 35.6 Å². The molecule has 0 saturated carbocycles. The molecule has 0 unspecified atom stereocenters. The molecule has 1 heterocycles. The first-order chi connectivity index (χ1) is 8.33. The van der Waals surface area contributed by atoms with Crippen molar-refractivity contribution < 1.29 is 4.79 Å². The summed E-state index contributed by atoms with van der Waals surface area (Å²) < 4.78 is 0. The van der Waals surface area contributed by atoms with Gasteiger partial charge in [0.1, 0.15) is 0 Å². The van der Waals surface area contributed by atoms with Gasteiger partial charge < -0.3 is 15.1 Å². The first kappa shape index (κ1) is 15.4. The minimum Gasteiger partial charge on any atom is -0.339 e. The number of nitrogens with zero attached hydrogens (tertiary/aromatic N) is 2. The number of likely N-dealkylation sites (N-methyl/N-ethyl adjacent to an activating group) is 1. The van der Waals surface area contributed by atoms with Gasteiger partial charge >= 0.3 is 0 Å². The van der Waals surface area contributed by atoms with E-state index in [4.69, 9.17) is 0 Å². The molecular weight excluding hydrogens is 226 g/mol. The van der Waals surface area contributed by atoms with Gasteiger partial charge in [0.2, 0.25) is 5.91 Å². The second-order valence-electron chi connectivity index (χ2n) is 6.43. The number of amides is 1. The summed E-state index contributed by atoms with van der Waals surface area (Å²) in [6, 6.07) is 0. The van der Waals surface area contributed by atoms with E-state index in [1.165, 1.54) is 0 Å². The molecule has 0 aliphatic carbocycles. The maximum atomic E-state index is 12.0. The van der Waals surface area contributed by atoms with Gasteiger partial charge in [-0.1, -0.05) is 27.7 Å². The Bertz CT molecular complexity index is 268. The van der Waals surface area contributed by atoms with E-state index in [9.17, 15) is 4.79 Å². The number of nitrogens with one attached hydrogen (secondary N) is 1. The third kappa shape index (κ3) is 4.58. The van der Waals surface area contributed by atoms with Crippen LogP contribution in [0.1, 0.15) is 27.7 Å². The van der Waals surface area contributed by atoms with E-state index in [1.54, 1.807) is 0 Å². The predicted octanol–water partition coefficient (Wildman–Crippen LogP) is 1.03. The Morgan fingerprint density at radius 1 is 1.22 bits per heavy atom. The van der Waals surface area contributed by atoms with Crippen LogP contribution in [0, 0.1) is 11.3 Å². The molecule has 0 aromatic carbocycles. The molecule has 0 atom stereocenters. The van der Waals surface area contributed by atoms with Crippen molar-refractivity contribution in [2.75, 3.05) is 46.3 Å². The minimum absolute atomic E-state index is 0.238. The van der Waals surface area contributed by atoms with Crippen molar-refractivity contribution in [2.24, 2.45) is 11.3 Å². The van der Waals surface area contributed by atoms with E-state index in [0.717, 1.165) is 32.7 Å². The Morgan fingerprint density at radius 2 is 1.78 bits per heavy atom. The van der Waals surface area contributed by atoms with Gasteiger partial charge in [0.05, 0.1) is 6.54 Å². The molecule has 1 fully saturated rings. The minimum atomic E-state index is 0.238. The smallest absolute Gasteiger partial charge is 0.236 e. The summed E-state index contributed by atoms with van der Waals surface area (Å²) in [5, 5.41) is 3.31. The molecule has 4 heteroatoms. The van der Waals surface area contributed by atoms with Crippen LogP contribution in [0.2, 0.25) is 0 Å². The van der Waals surface area contributed by atoms with Crippen molar-refractivity contribution in [2.45, 2.75) is 27.7 Å². The lowest BCUT2D eigenvalue weighted by Gasteiger charge is -2.33. The van der Waals surface area contributed by atoms with Crippen LogP contribution < -0.4 is 5.32 Å². The lowest BCUT2D eigenvalue weighted by molar-refractivity contribution is -0.131. The zero-order valence-corrected chi connectivity index (χ0v) is 12.6. The highest BCUT2D eigenvalue weighted by Crippen LogP contribution is 2.24. The standard InChI is InChI=1S/C14H29N3O/c1-12(2)14(3,4)11-15-10-13(18)17-8-6-16(5)7-9-17/h12,15H,6-11H2,1-5H3. The first-order valence-corrected chi connectivity index (χ1v) is 7.00. The van der Waals surface area contributed by atoms with E-state index in [1.807, 2.05) is 4.90 Å². The van der Waals surface area contributed by atoms with Crippen LogP contribution in [-0.4, -0.2) is 62.0 Å². The van der Waals surface area contributed by atoms with Crippen molar-refractivity contribution >= 4 is 5.91 Å². The van der Waals surface area contributed by atoms with Crippen LogP contribution in [0.25, 0.3) is 0 Å². The first-order valence-electron chi connectivity index (χ1n) is 7.00. The predicted molar refractivity (Wildman–Crippen MR) is 75.6 cm³/mol. The van der Waals surface area contributed by atoms with Crippen LogP contribution in [-0.2, 0) is 4.79 Å². The highest BCUT2D eigenvalue weighted by Gasteiger charge is 2.23. The summed E-state index contributed by atoms with van der Waals surface area (Å²) in [5.41, 5.74) is 0.238. The van der Waals surface area contributed by atoms with Gasteiger partial charge in [-0.3, -0.25) is 4.79 Å². The third-order valence-corrected chi connectivity index (χ3v) is 4.28. The highest BCUT2D eigenvalue weighted by molar-refractivity contribution is 5.78. The number of hydrogen-bond donors (Lipinski definition) is 1. The molecule has 0 aromatic rings. The zero-order valence-electron chi connectivity index (χ0n) is 12.6. The molecule has 4 nitrogen and oxygen atoms in total. The highest BCUT2D eigenvalue weighted by atomic mass is 16.2. The van der Waals surface area contributed by atoms with E-state index in [-0.39, 0.29) is 11.3 Å². The van der Waals surface area contributed by atoms with Crippen LogP contribution >= 0.6 is 0 Å². The van der Waals surface area contributed by atoms with Crippen LogP contribution in [0.4, 0.5) is 0 Å². The third-order valence-electron chi connectivity index (χ3n) is 4.28. The molecule has 1 aliphatic heterocycles. The molecule has 1 amide bonds. The van der Waals surface area contributed by atoms with Crippen molar-refractivity contribution in [3.8, 4) is 0 Å². The fourth-order valence-electron chi connectivity index (χ4n) is 1.86.